The SMILES string of the molecule is COc1ccc(C(=O)Nc2ccc(N)c(OC)c2)c(O)c1. The van der Waals surface area contributed by atoms with Gasteiger partial charge < -0.3 is 25.6 Å². The summed E-state index contributed by atoms with van der Waals surface area (Å²) in [6.07, 6.45) is 0. The number of phenolic OH excluding ortho intramolecular Hbond substituents is 1. The highest BCUT2D eigenvalue weighted by atomic mass is 16.5. The Morgan fingerprint density at radius 2 is 1.90 bits per heavy atom. The van der Waals surface area contributed by atoms with Crippen LogP contribution in [0.5, 0.6) is 17.2 Å². The van der Waals surface area contributed by atoms with Crippen LogP contribution in [0, 0.1) is 0 Å². The molecule has 0 bridgehead atoms. The maximum atomic E-state index is 12.1. The lowest BCUT2D eigenvalue weighted by Gasteiger charge is -2.10. The van der Waals surface area contributed by atoms with Crippen LogP contribution in [-0.4, -0.2) is 25.2 Å². The minimum atomic E-state index is -0.443. The van der Waals surface area contributed by atoms with Crippen LogP contribution in [0.15, 0.2) is 36.4 Å². The van der Waals surface area contributed by atoms with Crippen LogP contribution >= 0.6 is 0 Å². The highest BCUT2D eigenvalue weighted by molar-refractivity contribution is 6.06. The quantitative estimate of drug-likeness (QED) is 0.750. The number of nitrogens with one attached hydrogen (secondary N) is 1. The number of benzene rings is 2. The number of hydrogen-bond acceptors (Lipinski definition) is 5. The lowest BCUT2D eigenvalue weighted by atomic mass is 10.1. The largest absolute Gasteiger partial charge is 0.507 e. The zero-order chi connectivity index (χ0) is 15.4. The number of ether oxygens (including phenoxy) is 2. The first-order valence-corrected chi connectivity index (χ1v) is 6.17. The molecule has 0 atom stereocenters. The number of hydrogen-bond donors (Lipinski definition) is 3. The van der Waals surface area contributed by atoms with E-state index in [9.17, 15) is 9.90 Å². The number of nitrogens with two attached hydrogens (primary N) is 1. The van der Waals surface area contributed by atoms with Gasteiger partial charge in [-0.15, -0.1) is 0 Å². The van der Waals surface area contributed by atoms with E-state index in [2.05, 4.69) is 5.32 Å². The zero-order valence-corrected chi connectivity index (χ0v) is 11.7. The van der Waals surface area contributed by atoms with Gasteiger partial charge >= 0.3 is 0 Å². The lowest BCUT2D eigenvalue weighted by Crippen LogP contribution is -2.12. The Morgan fingerprint density at radius 3 is 2.52 bits per heavy atom. The Balaban J connectivity index is 2.22. The predicted molar refractivity (Wildman–Crippen MR) is 80.0 cm³/mol. The number of methoxy groups -OCH3 is 2. The van der Waals surface area contributed by atoms with E-state index in [0.717, 1.165) is 0 Å². The molecular weight excluding hydrogens is 272 g/mol. The van der Waals surface area contributed by atoms with Crippen LogP contribution in [-0.2, 0) is 0 Å². The molecule has 1 amide bonds. The molecule has 2 aromatic rings. The Bertz CT molecular complexity index is 671. The zero-order valence-electron chi connectivity index (χ0n) is 11.7. The minimum Gasteiger partial charge on any atom is -0.507 e. The molecule has 0 saturated carbocycles. The second-order valence-electron chi connectivity index (χ2n) is 4.29. The van der Waals surface area contributed by atoms with Crippen LogP contribution in [0.25, 0.3) is 0 Å². The third kappa shape index (κ3) is 3.17. The number of anilines is 2. The van der Waals surface area contributed by atoms with E-state index in [4.69, 9.17) is 15.2 Å². The van der Waals surface area contributed by atoms with Gasteiger partial charge in [-0.3, -0.25) is 4.79 Å². The first-order valence-electron chi connectivity index (χ1n) is 6.17. The van der Waals surface area contributed by atoms with Gasteiger partial charge in [0.2, 0.25) is 0 Å². The average Bonchev–Trinajstić information content (AvgIpc) is 2.48. The Hall–Kier alpha value is -2.89. The van der Waals surface area contributed by atoms with E-state index < -0.39 is 5.91 Å². The molecule has 0 saturated heterocycles. The number of amides is 1. The van der Waals surface area contributed by atoms with Crippen LogP contribution in [0.1, 0.15) is 10.4 Å². The second kappa shape index (κ2) is 6.04. The molecule has 0 heterocycles. The van der Waals surface area contributed by atoms with Crippen LogP contribution in [0.4, 0.5) is 11.4 Å². The lowest BCUT2D eigenvalue weighted by molar-refractivity contribution is 0.102. The summed E-state index contributed by atoms with van der Waals surface area (Å²) in [6.45, 7) is 0. The highest BCUT2D eigenvalue weighted by Crippen LogP contribution is 2.27. The van der Waals surface area contributed by atoms with E-state index in [1.165, 1.54) is 26.4 Å². The van der Waals surface area contributed by atoms with Crippen LogP contribution in [0.2, 0.25) is 0 Å². The molecule has 110 valence electrons. The fourth-order valence-electron chi connectivity index (χ4n) is 1.82. The van der Waals surface area contributed by atoms with Gasteiger partial charge in [-0.25, -0.2) is 0 Å². The first-order chi connectivity index (χ1) is 10.0. The predicted octanol–water partition coefficient (Wildman–Crippen LogP) is 2.24. The monoisotopic (exact) mass is 288 g/mol. The van der Waals surface area contributed by atoms with Crippen molar-refractivity contribution in [2.24, 2.45) is 0 Å². The van der Waals surface area contributed by atoms with Gasteiger partial charge in [-0.2, -0.15) is 0 Å². The number of phenols is 1. The summed E-state index contributed by atoms with van der Waals surface area (Å²) in [7, 11) is 2.97. The van der Waals surface area contributed by atoms with Crippen molar-refractivity contribution in [1.29, 1.82) is 0 Å². The Kier molecular flexibility index (Phi) is 4.18. The fourth-order valence-corrected chi connectivity index (χ4v) is 1.82. The van der Waals surface area contributed by atoms with Crippen molar-refractivity contribution in [3.63, 3.8) is 0 Å². The van der Waals surface area contributed by atoms with Gasteiger partial charge in [-0.1, -0.05) is 0 Å². The molecule has 0 radical (unpaired) electrons. The van der Waals surface area contributed by atoms with Gasteiger partial charge in [0, 0.05) is 17.8 Å². The number of rotatable bonds is 4. The number of carbonyl (C=O) groups excluding carboxylic acids is 1. The van der Waals surface area contributed by atoms with Crippen molar-refractivity contribution in [3.8, 4) is 17.2 Å². The van der Waals surface area contributed by atoms with Crippen molar-refractivity contribution >= 4 is 17.3 Å². The smallest absolute Gasteiger partial charge is 0.259 e. The molecule has 2 aromatic carbocycles. The maximum absolute atomic E-state index is 12.1. The van der Waals surface area contributed by atoms with E-state index in [1.54, 1.807) is 24.3 Å². The van der Waals surface area contributed by atoms with Crippen molar-refractivity contribution in [2.45, 2.75) is 0 Å². The first kappa shape index (κ1) is 14.5. The van der Waals surface area contributed by atoms with E-state index >= 15 is 0 Å². The third-order valence-electron chi connectivity index (χ3n) is 2.94. The van der Waals surface area contributed by atoms with Crippen molar-refractivity contribution in [3.05, 3.63) is 42.0 Å². The molecule has 2 rings (SSSR count). The molecule has 0 spiro atoms. The molecule has 0 aliphatic carbocycles. The molecule has 0 aliphatic heterocycles. The fraction of sp³-hybridized carbons (Fsp3) is 0.133. The van der Waals surface area contributed by atoms with E-state index in [1.807, 2.05) is 0 Å². The number of aromatic hydroxyl groups is 1. The average molecular weight is 288 g/mol. The maximum Gasteiger partial charge on any atom is 0.259 e. The molecule has 0 fully saturated rings. The Labute approximate surface area is 122 Å². The van der Waals surface area contributed by atoms with Crippen molar-refractivity contribution < 1.29 is 19.4 Å². The van der Waals surface area contributed by atoms with E-state index in [0.29, 0.717) is 22.9 Å². The normalized spacial score (nSPS) is 10.0. The summed E-state index contributed by atoms with van der Waals surface area (Å²) in [5.41, 5.74) is 6.84. The third-order valence-corrected chi connectivity index (χ3v) is 2.94. The second-order valence-corrected chi connectivity index (χ2v) is 4.29. The molecule has 4 N–H and O–H groups in total. The van der Waals surface area contributed by atoms with Crippen molar-refractivity contribution in [1.82, 2.24) is 0 Å². The molecule has 0 aromatic heterocycles. The topological polar surface area (TPSA) is 93.8 Å². The molecule has 0 unspecified atom stereocenters. The summed E-state index contributed by atoms with van der Waals surface area (Å²) in [4.78, 5) is 12.1. The number of nitrogen functional groups attached to an aromatic ring is 1. The molecule has 6 nitrogen and oxygen atoms in total. The van der Waals surface area contributed by atoms with Gasteiger partial charge in [0.05, 0.1) is 25.5 Å². The molecule has 6 heteroatoms. The van der Waals surface area contributed by atoms with Crippen LogP contribution in [0.3, 0.4) is 0 Å². The highest BCUT2D eigenvalue weighted by Gasteiger charge is 2.13. The molecule has 21 heavy (non-hydrogen) atoms. The molecule has 0 aliphatic rings. The van der Waals surface area contributed by atoms with Gasteiger partial charge in [0.1, 0.15) is 17.2 Å². The van der Waals surface area contributed by atoms with E-state index in [-0.39, 0.29) is 11.3 Å². The summed E-state index contributed by atoms with van der Waals surface area (Å²) in [5, 5.41) is 12.5. The van der Waals surface area contributed by atoms with Gasteiger partial charge in [0.25, 0.3) is 5.91 Å². The number of carbonyl (C=O) groups is 1. The summed E-state index contributed by atoms with van der Waals surface area (Å²) < 4.78 is 10.1. The Morgan fingerprint density at radius 1 is 1.14 bits per heavy atom. The van der Waals surface area contributed by atoms with Gasteiger partial charge in [0.15, 0.2) is 0 Å². The summed E-state index contributed by atoms with van der Waals surface area (Å²) >= 11 is 0. The summed E-state index contributed by atoms with van der Waals surface area (Å²) in [6, 6.07) is 9.33. The minimum absolute atomic E-state index is 0.145. The van der Waals surface area contributed by atoms with Crippen LogP contribution < -0.4 is 20.5 Å². The van der Waals surface area contributed by atoms with Crippen molar-refractivity contribution in [2.75, 3.05) is 25.3 Å². The summed E-state index contributed by atoms with van der Waals surface area (Å²) in [5.74, 6) is 0.334. The van der Waals surface area contributed by atoms with Gasteiger partial charge in [-0.05, 0) is 24.3 Å². The standard InChI is InChI=1S/C15H16N2O4/c1-20-10-4-5-11(13(18)8-10)15(19)17-9-3-6-12(16)14(7-9)21-2/h3-8,18H,16H2,1-2H3,(H,17,19). The molecular formula is C15H16N2O4.